The van der Waals surface area contributed by atoms with Gasteiger partial charge in [-0.05, 0) is 51.9 Å². The lowest BCUT2D eigenvalue weighted by Gasteiger charge is -2.59. The Morgan fingerprint density at radius 1 is 0.971 bits per heavy atom. The van der Waals surface area contributed by atoms with Gasteiger partial charge in [0.15, 0.2) is 25.5 Å². The maximum absolute atomic E-state index is 12.9. The summed E-state index contributed by atoms with van der Waals surface area (Å²) in [4.78, 5) is 0. The zero-order valence-corrected chi connectivity index (χ0v) is 26.2. The summed E-state index contributed by atoms with van der Waals surface area (Å²) in [6, 6.07) is 0.534. The molecule has 206 valence electrons. The van der Waals surface area contributed by atoms with Crippen LogP contribution in [0.25, 0.3) is 0 Å². The predicted octanol–water partition coefficient (Wildman–Crippen LogP) is 4.49. The van der Waals surface area contributed by atoms with Crippen molar-refractivity contribution in [2.45, 2.75) is 139 Å². The highest BCUT2D eigenvalue weighted by molar-refractivity contribution is 6.76. The quantitative estimate of drug-likeness (QED) is 0.378. The zero-order chi connectivity index (χ0) is 26.9. The molecule has 0 aromatic carbocycles. The van der Waals surface area contributed by atoms with E-state index in [4.69, 9.17) is 32.8 Å². The van der Waals surface area contributed by atoms with E-state index in [1.165, 1.54) is 0 Å². The van der Waals surface area contributed by atoms with Gasteiger partial charge >= 0.3 is 0 Å². The largest absolute Gasteiger partial charge is 0.408 e. The summed E-state index contributed by atoms with van der Waals surface area (Å²) in [7, 11) is -2.64. The molecule has 1 aliphatic carbocycles. The Morgan fingerprint density at radius 2 is 1.57 bits per heavy atom. The number of fused-ring (bicyclic) bond motifs is 2. The molecule has 2 saturated heterocycles. The van der Waals surface area contributed by atoms with Crippen LogP contribution in [-0.4, -0.2) is 89.2 Å². The Bertz CT molecular complexity index is 774. The van der Waals surface area contributed by atoms with E-state index >= 15 is 0 Å². The number of rotatable bonds is 7. The minimum atomic E-state index is -2.34. The minimum absolute atomic E-state index is 0.00133. The van der Waals surface area contributed by atoms with Crippen molar-refractivity contribution in [3.63, 3.8) is 0 Å². The summed E-state index contributed by atoms with van der Waals surface area (Å²) in [6.45, 7) is 25.5. The van der Waals surface area contributed by atoms with Crippen LogP contribution in [-0.2, 0) is 32.8 Å². The van der Waals surface area contributed by atoms with Gasteiger partial charge in [-0.1, -0.05) is 40.4 Å². The van der Waals surface area contributed by atoms with Gasteiger partial charge in [0.25, 0.3) is 0 Å². The SMILES string of the molecule is COCO[C@@H]1[C@@](O)(C[Si](C)(C)C)[C@H](O[Si](C)(C)C(C)(C)C)[C@@H]2OC(C)(C)O[C@@H]2[C@]12COC(C)(C)O2. The number of methoxy groups -OCH3 is 1. The molecular formula is C25H50O8Si2. The molecule has 35 heavy (non-hydrogen) atoms. The molecule has 0 aromatic rings. The first-order valence-electron chi connectivity index (χ1n) is 12.8. The lowest BCUT2D eigenvalue weighted by Crippen LogP contribution is -2.79. The van der Waals surface area contributed by atoms with Crippen LogP contribution in [0.3, 0.4) is 0 Å². The molecule has 0 radical (unpaired) electrons. The van der Waals surface area contributed by atoms with Gasteiger partial charge in [-0.15, -0.1) is 0 Å². The van der Waals surface area contributed by atoms with E-state index in [0.717, 1.165) is 0 Å². The number of aliphatic hydroxyl groups is 1. The first kappa shape index (κ1) is 29.7. The van der Waals surface area contributed by atoms with Crippen molar-refractivity contribution in [1.29, 1.82) is 0 Å². The monoisotopic (exact) mass is 534 g/mol. The van der Waals surface area contributed by atoms with E-state index in [9.17, 15) is 5.11 Å². The van der Waals surface area contributed by atoms with Gasteiger partial charge in [-0.2, -0.15) is 0 Å². The molecule has 6 atom stereocenters. The van der Waals surface area contributed by atoms with Crippen molar-refractivity contribution in [3.05, 3.63) is 0 Å². The molecule has 3 rings (SSSR count). The standard InChI is InChI=1S/C25H50O8Si2/c1-21(2,3)35(12,13)32-18-17-19(31-23(6,7)30-17)25(14-29-22(4,5)33-25)20(28-16-27-8)24(18,26)15-34(9,10)11/h17-20,26H,14-16H2,1-13H3/t17-,18+,19-,20+,24+,25+/m0/s1. The maximum Gasteiger partial charge on any atom is 0.192 e. The fourth-order valence-corrected chi connectivity index (χ4v) is 9.01. The van der Waals surface area contributed by atoms with Crippen LogP contribution in [0.4, 0.5) is 0 Å². The van der Waals surface area contributed by atoms with E-state index in [1.807, 2.05) is 27.7 Å². The summed E-state index contributed by atoms with van der Waals surface area (Å²) in [5.41, 5.74) is -2.50. The molecule has 0 bridgehead atoms. The third kappa shape index (κ3) is 5.62. The summed E-state index contributed by atoms with van der Waals surface area (Å²) in [5, 5.41) is 12.8. The summed E-state index contributed by atoms with van der Waals surface area (Å²) < 4.78 is 44.6. The van der Waals surface area contributed by atoms with E-state index in [2.05, 4.69) is 53.5 Å². The zero-order valence-electron chi connectivity index (χ0n) is 24.2. The highest BCUT2D eigenvalue weighted by Gasteiger charge is 2.75. The molecule has 3 aliphatic rings. The molecule has 0 unspecified atom stereocenters. The van der Waals surface area contributed by atoms with Crippen molar-refractivity contribution in [2.75, 3.05) is 20.5 Å². The summed E-state index contributed by atoms with van der Waals surface area (Å²) >= 11 is 0. The normalized spacial score (nSPS) is 39.3. The molecule has 1 spiro atoms. The fourth-order valence-electron chi connectivity index (χ4n) is 5.59. The van der Waals surface area contributed by atoms with Gasteiger partial charge in [0.1, 0.15) is 36.8 Å². The first-order valence-corrected chi connectivity index (χ1v) is 19.4. The predicted molar refractivity (Wildman–Crippen MR) is 140 cm³/mol. The van der Waals surface area contributed by atoms with Gasteiger partial charge in [-0.3, -0.25) is 0 Å². The molecule has 10 heteroatoms. The fraction of sp³-hybridized carbons (Fsp3) is 1.00. The van der Waals surface area contributed by atoms with Crippen LogP contribution >= 0.6 is 0 Å². The van der Waals surface area contributed by atoms with Crippen molar-refractivity contribution in [3.8, 4) is 0 Å². The van der Waals surface area contributed by atoms with Crippen LogP contribution in [0, 0.1) is 0 Å². The van der Waals surface area contributed by atoms with E-state index in [-0.39, 0.29) is 18.4 Å². The van der Waals surface area contributed by atoms with Crippen molar-refractivity contribution in [1.82, 2.24) is 0 Å². The first-order chi connectivity index (χ1) is 15.6. The van der Waals surface area contributed by atoms with E-state index in [0.29, 0.717) is 6.04 Å². The summed E-state index contributed by atoms with van der Waals surface area (Å²) in [6.07, 6.45) is -2.59. The van der Waals surface area contributed by atoms with Gasteiger partial charge < -0.3 is 38.0 Å². The van der Waals surface area contributed by atoms with Crippen molar-refractivity contribution in [2.24, 2.45) is 0 Å². The van der Waals surface area contributed by atoms with Crippen molar-refractivity contribution >= 4 is 16.4 Å². The Kier molecular flexibility index (Phi) is 7.71. The van der Waals surface area contributed by atoms with E-state index in [1.54, 1.807) is 7.11 Å². The number of ether oxygens (including phenoxy) is 6. The highest BCUT2D eigenvalue weighted by Crippen LogP contribution is 2.56. The Morgan fingerprint density at radius 3 is 2.03 bits per heavy atom. The third-order valence-electron chi connectivity index (χ3n) is 7.77. The maximum atomic E-state index is 12.9. The minimum Gasteiger partial charge on any atom is -0.408 e. The third-order valence-corrected chi connectivity index (χ3v) is 13.9. The number of hydrogen-bond donors (Lipinski definition) is 1. The Hall–Kier alpha value is 0.114. The van der Waals surface area contributed by atoms with Gasteiger partial charge in [-0.25, -0.2) is 0 Å². The molecule has 3 fully saturated rings. The van der Waals surface area contributed by atoms with Crippen LogP contribution in [0.1, 0.15) is 48.5 Å². The van der Waals surface area contributed by atoms with Crippen LogP contribution in [0.15, 0.2) is 0 Å². The lowest BCUT2D eigenvalue weighted by atomic mass is 9.68. The van der Waals surface area contributed by atoms with Crippen molar-refractivity contribution < 1.29 is 38.0 Å². The second-order valence-electron chi connectivity index (χ2n) is 14.2. The molecule has 2 heterocycles. The average Bonchev–Trinajstić information content (AvgIpc) is 3.13. The molecule has 8 nitrogen and oxygen atoms in total. The smallest absolute Gasteiger partial charge is 0.192 e. The second-order valence-corrected chi connectivity index (χ2v) is 24.5. The highest BCUT2D eigenvalue weighted by atomic mass is 28.4. The average molecular weight is 535 g/mol. The molecule has 0 aromatic heterocycles. The second kappa shape index (κ2) is 9.10. The van der Waals surface area contributed by atoms with Crippen LogP contribution in [0.5, 0.6) is 0 Å². The molecular weight excluding hydrogens is 484 g/mol. The van der Waals surface area contributed by atoms with Crippen LogP contribution < -0.4 is 0 Å². The van der Waals surface area contributed by atoms with Gasteiger partial charge in [0, 0.05) is 15.2 Å². The lowest BCUT2D eigenvalue weighted by molar-refractivity contribution is -0.312. The molecule has 1 N–H and O–H groups in total. The Balaban J connectivity index is 2.24. The summed E-state index contributed by atoms with van der Waals surface area (Å²) in [5.74, 6) is -1.76. The van der Waals surface area contributed by atoms with Gasteiger partial charge in [0.2, 0.25) is 0 Å². The number of hydrogen-bond acceptors (Lipinski definition) is 8. The van der Waals surface area contributed by atoms with Crippen LogP contribution in [0.2, 0.25) is 43.8 Å². The molecule has 0 amide bonds. The Labute approximate surface area is 214 Å². The molecule has 2 aliphatic heterocycles. The molecule has 1 saturated carbocycles. The topological polar surface area (TPSA) is 84.8 Å². The van der Waals surface area contributed by atoms with E-state index < -0.39 is 63.6 Å². The van der Waals surface area contributed by atoms with Gasteiger partial charge in [0.05, 0.1) is 6.61 Å².